The predicted molar refractivity (Wildman–Crippen MR) is 191 cm³/mol. The first-order chi connectivity index (χ1) is 23.6. The van der Waals surface area contributed by atoms with Crippen molar-refractivity contribution in [2.24, 2.45) is 5.41 Å². The van der Waals surface area contributed by atoms with Crippen LogP contribution in [-0.2, 0) is 11.3 Å². The summed E-state index contributed by atoms with van der Waals surface area (Å²) in [7, 11) is 2.10. The monoisotopic (exact) mass is 701 g/mol. The van der Waals surface area contributed by atoms with Gasteiger partial charge in [0.25, 0.3) is 0 Å². The van der Waals surface area contributed by atoms with Gasteiger partial charge < -0.3 is 24.2 Å². The van der Waals surface area contributed by atoms with Crippen LogP contribution in [0.25, 0.3) is 22.0 Å². The number of carboxylic acid groups (broad SMARTS) is 1. The van der Waals surface area contributed by atoms with Crippen LogP contribution >= 0.6 is 23.2 Å². The number of benzene rings is 1. The Kier molecular flexibility index (Phi) is 9.35. The van der Waals surface area contributed by atoms with Crippen LogP contribution in [0.2, 0.25) is 10.0 Å². The van der Waals surface area contributed by atoms with Gasteiger partial charge in [-0.1, -0.05) is 53.2 Å². The number of likely N-dealkylation sites (N-methyl/N-ethyl adjacent to an activating group) is 1. The molecule has 49 heavy (non-hydrogen) atoms. The molecule has 3 fully saturated rings. The number of nitrogens with zero attached hydrogens (tertiary/aromatic N) is 5. The van der Waals surface area contributed by atoms with E-state index in [1.807, 2.05) is 12.1 Å². The molecule has 0 spiro atoms. The Bertz CT molecular complexity index is 1930. The van der Waals surface area contributed by atoms with Crippen molar-refractivity contribution in [1.82, 2.24) is 20.0 Å². The molecule has 0 unspecified atom stereocenters. The Hall–Kier alpha value is -3.68. The van der Waals surface area contributed by atoms with Gasteiger partial charge in [-0.25, -0.2) is 9.78 Å². The molecule has 3 aromatic heterocycles. The highest BCUT2D eigenvalue weighted by atomic mass is 35.5. The normalized spacial score (nSPS) is 23.0. The van der Waals surface area contributed by atoms with Crippen molar-refractivity contribution in [1.29, 1.82) is 0 Å². The first-order valence-electron chi connectivity index (χ1n) is 17.1. The highest BCUT2D eigenvalue weighted by Gasteiger charge is 2.41. The molecule has 1 N–H and O–H groups in total. The number of piperazine rings is 1. The number of carboxylic acids is 1. The van der Waals surface area contributed by atoms with Crippen LogP contribution in [-0.4, -0.2) is 69.9 Å². The Morgan fingerprint density at radius 2 is 1.80 bits per heavy atom. The van der Waals surface area contributed by atoms with Gasteiger partial charge in [-0.05, 0) is 82.5 Å². The number of rotatable bonds is 8. The summed E-state index contributed by atoms with van der Waals surface area (Å²) in [6.45, 7) is 8.20. The highest BCUT2D eigenvalue weighted by Crippen LogP contribution is 2.48. The summed E-state index contributed by atoms with van der Waals surface area (Å²) in [5.41, 5.74) is 2.71. The van der Waals surface area contributed by atoms with Crippen LogP contribution in [0, 0.1) is 17.3 Å². The van der Waals surface area contributed by atoms with Gasteiger partial charge in [-0.2, -0.15) is 0 Å². The van der Waals surface area contributed by atoms with E-state index in [1.165, 1.54) is 0 Å². The van der Waals surface area contributed by atoms with Crippen molar-refractivity contribution in [3.63, 3.8) is 0 Å². The van der Waals surface area contributed by atoms with Gasteiger partial charge in [-0.15, -0.1) is 0 Å². The average Bonchev–Trinajstić information content (AvgIpc) is 3.87. The van der Waals surface area contributed by atoms with Crippen LogP contribution in [0.1, 0.15) is 92.1 Å². The molecule has 1 aromatic carbocycles. The summed E-state index contributed by atoms with van der Waals surface area (Å²) in [6, 6.07) is 7.66. The quantitative estimate of drug-likeness (QED) is 0.182. The number of ether oxygens (including phenoxy) is 1. The highest BCUT2D eigenvalue weighted by molar-refractivity contribution is 6.38. The lowest BCUT2D eigenvalue weighted by molar-refractivity contribution is -0.0952. The van der Waals surface area contributed by atoms with Gasteiger partial charge in [0.05, 0.1) is 22.3 Å². The zero-order valence-corrected chi connectivity index (χ0v) is 29.7. The van der Waals surface area contributed by atoms with E-state index >= 15 is 0 Å². The summed E-state index contributed by atoms with van der Waals surface area (Å²) in [5.74, 6) is 8.01. The van der Waals surface area contributed by atoms with Gasteiger partial charge in [0.2, 0.25) is 0 Å². The Morgan fingerprint density at radius 1 is 1.08 bits per heavy atom. The lowest BCUT2D eigenvalue weighted by Crippen LogP contribution is -2.45. The molecule has 1 aliphatic heterocycles. The minimum atomic E-state index is -1.02. The maximum atomic E-state index is 11.9. The van der Waals surface area contributed by atoms with Gasteiger partial charge in [0, 0.05) is 72.0 Å². The van der Waals surface area contributed by atoms with E-state index in [0.717, 1.165) is 105 Å². The van der Waals surface area contributed by atoms with Gasteiger partial charge in [-0.3, -0.25) is 4.98 Å². The van der Waals surface area contributed by atoms with Crippen molar-refractivity contribution in [3.05, 3.63) is 69.3 Å². The average molecular weight is 703 g/mol. The number of pyridine rings is 2. The van der Waals surface area contributed by atoms with Crippen LogP contribution < -0.4 is 4.90 Å². The van der Waals surface area contributed by atoms with Crippen LogP contribution in [0.4, 0.5) is 5.82 Å². The number of anilines is 1. The maximum absolute atomic E-state index is 11.9. The van der Waals surface area contributed by atoms with E-state index in [-0.39, 0.29) is 16.7 Å². The molecule has 3 aliphatic rings. The molecule has 11 heteroatoms. The van der Waals surface area contributed by atoms with E-state index in [1.54, 1.807) is 18.5 Å². The summed E-state index contributed by atoms with van der Waals surface area (Å²) < 4.78 is 12.7. The lowest BCUT2D eigenvalue weighted by Gasteiger charge is -2.42. The number of aromatic carboxylic acids is 1. The van der Waals surface area contributed by atoms with E-state index in [2.05, 4.69) is 63.7 Å². The van der Waals surface area contributed by atoms with Gasteiger partial charge in [0.15, 0.2) is 5.69 Å². The molecule has 0 amide bonds. The standard InChI is InChI=1S/C38H41Cl2N5O4/c1-4-38(48-23-28-33(43-49-34(28)25-7-8-25)32-29(39)21-41-22-30(32)40)13-11-37(2,12-14-38)10-9-24-5-6-26-20-31(36(46)47)42-35(27(26)19-24)45-17-15-44(3)16-18-45/h5-6,19-22,25H,4,7-8,11-18,23H2,1-3H3,(H,46,47). The van der Waals surface area contributed by atoms with E-state index in [0.29, 0.717) is 33.8 Å². The topological polar surface area (TPSA) is 105 Å². The Labute approximate surface area is 296 Å². The number of hydrogen-bond acceptors (Lipinski definition) is 8. The number of halogens is 2. The molecule has 2 saturated carbocycles. The number of hydrogen-bond donors (Lipinski definition) is 1. The first kappa shape index (κ1) is 33.8. The fourth-order valence-electron chi connectivity index (χ4n) is 7.07. The van der Waals surface area contributed by atoms with Crippen LogP contribution in [0.3, 0.4) is 0 Å². The molecule has 1 saturated heterocycles. The summed E-state index contributed by atoms with van der Waals surface area (Å²) in [5, 5.41) is 16.8. The minimum Gasteiger partial charge on any atom is -0.477 e. The molecular formula is C38H41Cl2N5O4. The smallest absolute Gasteiger partial charge is 0.354 e. The molecule has 4 heterocycles. The molecule has 4 aromatic rings. The predicted octanol–water partition coefficient (Wildman–Crippen LogP) is 8.22. The Balaban J connectivity index is 1.09. The summed E-state index contributed by atoms with van der Waals surface area (Å²) in [4.78, 5) is 25.0. The Morgan fingerprint density at radius 3 is 2.45 bits per heavy atom. The van der Waals surface area contributed by atoms with Crippen molar-refractivity contribution in [3.8, 4) is 23.1 Å². The lowest BCUT2D eigenvalue weighted by atomic mass is 9.69. The molecule has 0 radical (unpaired) electrons. The van der Waals surface area contributed by atoms with Crippen molar-refractivity contribution in [2.45, 2.75) is 76.9 Å². The third-order valence-corrected chi connectivity index (χ3v) is 11.2. The zero-order chi connectivity index (χ0) is 34.3. The SMILES string of the molecule is CCC1(OCc2c(-c3c(Cl)cncc3Cl)noc2C2CC2)CCC(C)(C#Cc2ccc3cc(C(=O)O)nc(N4CCN(C)CC4)c3c2)CC1. The van der Waals surface area contributed by atoms with E-state index < -0.39 is 5.97 Å². The first-order valence-corrected chi connectivity index (χ1v) is 17.9. The summed E-state index contributed by atoms with van der Waals surface area (Å²) >= 11 is 13.1. The van der Waals surface area contributed by atoms with Crippen LogP contribution in [0.5, 0.6) is 0 Å². The second-order valence-corrected chi connectivity index (χ2v) is 14.9. The van der Waals surface area contributed by atoms with Crippen molar-refractivity contribution in [2.75, 3.05) is 38.1 Å². The number of fused-ring (bicyclic) bond motifs is 1. The van der Waals surface area contributed by atoms with Gasteiger partial charge >= 0.3 is 5.97 Å². The molecule has 0 bridgehead atoms. The fraction of sp³-hybridized carbons (Fsp3) is 0.474. The van der Waals surface area contributed by atoms with E-state index in [9.17, 15) is 9.90 Å². The second-order valence-electron chi connectivity index (χ2n) is 14.1. The number of aromatic nitrogens is 3. The molecular weight excluding hydrogens is 661 g/mol. The molecule has 7 rings (SSSR count). The largest absolute Gasteiger partial charge is 0.477 e. The summed E-state index contributed by atoms with van der Waals surface area (Å²) in [6.07, 6.45) is 9.77. The molecule has 0 atom stereocenters. The molecule has 256 valence electrons. The third kappa shape index (κ3) is 7.02. The van der Waals surface area contributed by atoms with Gasteiger partial charge in [0.1, 0.15) is 17.3 Å². The second kappa shape index (κ2) is 13.6. The molecule has 2 aliphatic carbocycles. The fourth-order valence-corrected chi connectivity index (χ4v) is 7.61. The number of carbonyl (C=O) groups is 1. The minimum absolute atomic E-state index is 0.0607. The van der Waals surface area contributed by atoms with Crippen LogP contribution in [0.15, 0.2) is 41.2 Å². The zero-order valence-electron chi connectivity index (χ0n) is 28.2. The third-order valence-electron chi connectivity index (χ3n) is 10.6. The maximum Gasteiger partial charge on any atom is 0.354 e. The van der Waals surface area contributed by atoms with Crippen molar-refractivity contribution >= 4 is 45.8 Å². The molecule has 9 nitrogen and oxygen atoms in total. The van der Waals surface area contributed by atoms with E-state index in [4.69, 9.17) is 32.5 Å². The van der Waals surface area contributed by atoms with Crippen molar-refractivity contribution < 1.29 is 19.2 Å².